The van der Waals surface area contributed by atoms with Gasteiger partial charge in [0.15, 0.2) is 0 Å². The molecule has 0 saturated carbocycles. The first-order valence-corrected chi connectivity index (χ1v) is 6.17. The third-order valence-corrected chi connectivity index (χ3v) is 3.50. The molecule has 1 saturated heterocycles. The van der Waals surface area contributed by atoms with Crippen LogP contribution in [0.15, 0.2) is 0 Å². The highest BCUT2D eigenvalue weighted by Crippen LogP contribution is 2.25. The van der Waals surface area contributed by atoms with Gasteiger partial charge in [0.25, 0.3) is 0 Å². The molecule has 3 heteroatoms. The minimum atomic E-state index is 0.205. The average Bonchev–Trinajstić information content (AvgIpc) is 2.25. The third kappa shape index (κ3) is 4.51. The van der Waals surface area contributed by atoms with E-state index in [1.807, 2.05) is 0 Å². The van der Waals surface area contributed by atoms with Crippen molar-refractivity contribution in [3.8, 4) is 6.07 Å². The third-order valence-electron chi connectivity index (χ3n) is 3.50. The second-order valence-electron chi connectivity index (χ2n) is 5.85. The fourth-order valence-corrected chi connectivity index (χ4v) is 1.93. The Morgan fingerprint density at radius 3 is 2.56 bits per heavy atom. The summed E-state index contributed by atoms with van der Waals surface area (Å²) in [5.74, 6) is 0. The van der Waals surface area contributed by atoms with Crippen molar-refractivity contribution in [1.82, 2.24) is 5.32 Å². The van der Waals surface area contributed by atoms with Gasteiger partial charge in [0, 0.05) is 31.7 Å². The van der Waals surface area contributed by atoms with Crippen LogP contribution in [0.2, 0.25) is 0 Å². The van der Waals surface area contributed by atoms with Gasteiger partial charge < -0.3 is 10.1 Å². The molecule has 0 unspecified atom stereocenters. The lowest BCUT2D eigenvalue weighted by atomic mass is 9.85. The maximum absolute atomic E-state index is 8.61. The molecule has 0 spiro atoms. The predicted octanol–water partition coefficient (Wildman–Crippen LogP) is 2.48. The van der Waals surface area contributed by atoms with Crippen LogP contribution < -0.4 is 5.32 Å². The number of hydrogen-bond acceptors (Lipinski definition) is 3. The fourth-order valence-electron chi connectivity index (χ4n) is 1.93. The topological polar surface area (TPSA) is 45.0 Å². The van der Waals surface area contributed by atoms with Crippen LogP contribution >= 0.6 is 0 Å². The highest BCUT2D eigenvalue weighted by molar-refractivity contribution is 4.88. The molecule has 1 N–H and O–H groups in total. The minimum absolute atomic E-state index is 0.205. The fraction of sp³-hybridized carbons (Fsp3) is 0.923. The summed E-state index contributed by atoms with van der Waals surface area (Å²) >= 11 is 0. The van der Waals surface area contributed by atoms with Crippen molar-refractivity contribution < 1.29 is 4.74 Å². The quantitative estimate of drug-likeness (QED) is 0.780. The Morgan fingerprint density at radius 2 is 2.00 bits per heavy atom. The maximum atomic E-state index is 8.61. The van der Waals surface area contributed by atoms with E-state index in [1.165, 1.54) is 0 Å². The molecule has 0 bridgehead atoms. The Balaban J connectivity index is 2.34. The molecule has 1 rings (SSSR count). The molecule has 1 aliphatic heterocycles. The Hall–Kier alpha value is -0.590. The van der Waals surface area contributed by atoms with Gasteiger partial charge in [0.2, 0.25) is 0 Å². The van der Waals surface area contributed by atoms with E-state index >= 15 is 0 Å². The molecule has 1 heterocycles. The normalized spacial score (nSPS) is 20.4. The zero-order chi connectivity index (χ0) is 12.1. The highest BCUT2D eigenvalue weighted by Gasteiger charge is 2.29. The van der Waals surface area contributed by atoms with Crippen molar-refractivity contribution >= 4 is 0 Å². The molecule has 0 aromatic heterocycles. The number of nitrogens with zero attached hydrogens (tertiary/aromatic N) is 1. The molecule has 1 aliphatic rings. The van der Waals surface area contributed by atoms with Crippen LogP contribution in [0.4, 0.5) is 0 Å². The minimum Gasteiger partial charge on any atom is -0.381 e. The lowest BCUT2D eigenvalue weighted by molar-refractivity contribution is 0.0410. The van der Waals surface area contributed by atoms with Gasteiger partial charge in [-0.2, -0.15) is 5.26 Å². The van der Waals surface area contributed by atoms with Crippen molar-refractivity contribution in [2.75, 3.05) is 19.8 Å². The van der Waals surface area contributed by atoms with E-state index in [0.29, 0.717) is 6.42 Å². The molecule has 0 radical (unpaired) electrons. The van der Waals surface area contributed by atoms with Crippen LogP contribution in [0.5, 0.6) is 0 Å². The van der Waals surface area contributed by atoms with Gasteiger partial charge in [-0.15, -0.1) is 0 Å². The van der Waals surface area contributed by atoms with Crippen LogP contribution in [-0.4, -0.2) is 25.3 Å². The first-order valence-electron chi connectivity index (χ1n) is 6.17. The van der Waals surface area contributed by atoms with E-state index in [9.17, 15) is 0 Å². The van der Waals surface area contributed by atoms with Crippen LogP contribution in [0.25, 0.3) is 0 Å². The van der Waals surface area contributed by atoms with E-state index < -0.39 is 0 Å². The lowest BCUT2D eigenvalue weighted by Crippen LogP contribution is -2.49. The summed E-state index contributed by atoms with van der Waals surface area (Å²) in [6.45, 7) is 9.42. The standard InChI is InChI=1S/C13H24N2O/c1-12(2,5-4-8-14)11-15-13(3)6-9-16-10-7-13/h15H,4-7,9-11H2,1-3H3. The van der Waals surface area contributed by atoms with E-state index in [1.54, 1.807) is 0 Å². The van der Waals surface area contributed by atoms with E-state index in [2.05, 4.69) is 32.2 Å². The van der Waals surface area contributed by atoms with Crippen molar-refractivity contribution in [2.24, 2.45) is 5.41 Å². The Bertz CT molecular complexity index is 249. The van der Waals surface area contributed by atoms with Gasteiger partial charge in [-0.05, 0) is 31.6 Å². The predicted molar refractivity (Wildman–Crippen MR) is 65.1 cm³/mol. The first-order chi connectivity index (χ1) is 7.47. The average molecular weight is 224 g/mol. The smallest absolute Gasteiger partial charge is 0.0621 e. The van der Waals surface area contributed by atoms with Crippen molar-refractivity contribution in [2.45, 2.75) is 52.0 Å². The Labute approximate surface area is 99.2 Å². The molecule has 92 valence electrons. The molecule has 1 fully saturated rings. The molecular weight excluding hydrogens is 200 g/mol. The van der Waals surface area contributed by atoms with Gasteiger partial charge in [0.1, 0.15) is 0 Å². The summed E-state index contributed by atoms with van der Waals surface area (Å²) < 4.78 is 5.38. The highest BCUT2D eigenvalue weighted by atomic mass is 16.5. The monoisotopic (exact) mass is 224 g/mol. The van der Waals surface area contributed by atoms with Crippen LogP contribution in [0.1, 0.15) is 46.5 Å². The lowest BCUT2D eigenvalue weighted by Gasteiger charge is -2.38. The van der Waals surface area contributed by atoms with E-state index in [4.69, 9.17) is 10.00 Å². The number of hydrogen-bond donors (Lipinski definition) is 1. The zero-order valence-electron chi connectivity index (χ0n) is 10.8. The van der Waals surface area contributed by atoms with Crippen molar-refractivity contribution in [3.63, 3.8) is 0 Å². The van der Waals surface area contributed by atoms with Crippen LogP contribution in [0, 0.1) is 16.7 Å². The SMILES string of the molecule is CC(C)(CCC#N)CNC1(C)CCOCC1. The van der Waals surface area contributed by atoms with Crippen molar-refractivity contribution in [3.05, 3.63) is 0 Å². The van der Waals surface area contributed by atoms with Gasteiger partial charge in [0.05, 0.1) is 6.07 Å². The summed E-state index contributed by atoms with van der Waals surface area (Å²) in [4.78, 5) is 0. The number of nitriles is 1. The number of ether oxygens (including phenoxy) is 1. The van der Waals surface area contributed by atoms with E-state index in [0.717, 1.165) is 39.0 Å². The summed E-state index contributed by atoms with van der Waals surface area (Å²) in [6.07, 6.45) is 3.78. The molecular formula is C13H24N2O. The second kappa shape index (κ2) is 5.65. The number of nitrogens with one attached hydrogen (secondary N) is 1. The molecule has 0 aromatic rings. The largest absolute Gasteiger partial charge is 0.381 e. The molecule has 0 amide bonds. The summed E-state index contributed by atoms with van der Waals surface area (Å²) in [7, 11) is 0. The molecule has 3 nitrogen and oxygen atoms in total. The maximum Gasteiger partial charge on any atom is 0.0621 e. The first kappa shape index (κ1) is 13.5. The molecule has 16 heavy (non-hydrogen) atoms. The molecule has 0 aromatic carbocycles. The van der Waals surface area contributed by atoms with Crippen molar-refractivity contribution in [1.29, 1.82) is 5.26 Å². The Kier molecular flexibility index (Phi) is 4.76. The van der Waals surface area contributed by atoms with Crippen LogP contribution in [0.3, 0.4) is 0 Å². The Morgan fingerprint density at radius 1 is 1.38 bits per heavy atom. The van der Waals surface area contributed by atoms with Crippen LogP contribution in [-0.2, 0) is 4.74 Å². The zero-order valence-corrected chi connectivity index (χ0v) is 10.8. The van der Waals surface area contributed by atoms with E-state index in [-0.39, 0.29) is 11.0 Å². The van der Waals surface area contributed by atoms with Gasteiger partial charge in [-0.1, -0.05) is 13.8 Å². The second-order valence-corrected chi connectivity index (χ2v) is 5.85. The van der Waals surface area contributed by atoms with Gasteiger partial charge >= 0.3 is 0 Å². The van der Waals surface area contributed by atoms with Gasteiger partial charge in [-0.25, -0.2) is 0 Å². The summed E-state index contributed by atoms with van der Waals surface area (Å²) in [5.41, 5.74) is 0.430. The molecule has 0 atom stereocenters. The molecule has 0 aliphatic carbocycles. The summed E-state index contributed by atoms with van der Waals surface area (Å²) in [6, 6.07) is 2.22. The summed E-state index contributed by atoms with van der Waals surface area (Å²) in [5, 5.41) is 12.3. The number of rotatable bonds is 5. The van der Waals surface area contributed by atoms with Gasteiger partial charge in [-0.3, -0.25) is 0 Å².